The van der Waals surface area contributed by atoms with Crippen molar-refractivity contribution < 1.29 is 9.47 Å². The molecule has 1 N–H and O–H groups in total. The predicted octanol–water partition coefficient (Wildman–Crippen LogP) is 2.85. The van der Waals surface area contributed by atoms with Crippen LogP contribution in [0, 0.1) is 0 Å². The zero-order chi connectivity index (χ0) is 14.1. The maximum atomic E-state index is 5.54. The van der Waals surface area contributed by atoms with Crippen LogP contribution in [0.2, 0.25) is 0 Å². The molecule has 0 radical (unpaired) electrons. The Hall–Kier alpha value is -2.00. The second-order valence-electron chi connectivity index (χ2n) is 5.68. The molecular formula is C18H19NO2. The Kier molecular flexibility index (Phi) is 3.28. The molecule has 2 aromatic carbocycles. The fourth-order valence-corrected chi connectivity index (χ4v) is 3.05. The topological polar surface area (TPSA) is 30.5 Å². The van der Waals surface area contributed by atoms with Crippen molar-refractivity contribution in [3.05, 3.63) is 58.7 Å². The molecule has 0 aliphatic carbocycles. The van der Waals surface area contributed by atoms with Gasteiger partial charge in [-0.3, -0.25) is 0 Å². The number of fused-ring (bicyclic) bond motifs is 2. The van der Waals surface area contributed by atoms with Gasteiger partial charge in [0, 0.05) is 25.9 Å². The summed E-state index contributed by atoms with van der Waals surface area (Å²) in [6.07, 6.45) is 2.07. The zero-order valence-electron chi connectivity index (χ0n) is 12.0. The number of hydrogen-bond acceptors (Lipinski definition) is 3. The number of nitrogens with one attached hydrogen (secondary N) is 1. The summed E-state index contributed by atoms with van der Waals surface area (Å²) in [6, 6.07) is 13.0. The van der Waals surface area contributed by atoms with Gasteiger partial charge in [0.2, 0.25) is 0 Å². The third-order valence-electron chi connectivity index (χ3n) is 4.17. The van der Waals surface area contributed by atoms with E-state index >= 15 is 0 Å². The standard InChI is InChI=1S/C18H19NO2/c1-3-17-15(5-7-20-17)9-13(1)11-19-12-14-2-4-18-16(10-14)6-8-21-18/h1-4,9-10,19H,5-8,11-12H2. The number of rotatable bonds is 4. The molecule has 0 unspecified atom stereocenters. The van der Waals surface area contributed by atoms with E-state index in [1.54, 1.807) is 0 Å². The minimum Gasteiger partial charge on any atom is -0.493 e. The Balaban J connectivity index is 1.37. The van der Waals surface area contributed by atoms with Crippen LogP contribution < -0.4 is 14.8 Å². The number of ether oxygens (including phenoxy) is 2. The van der Waals surface area contributed by atoms with Crippen molar-refractivity contribution in [2.24, 2.45) is 0 Å². The van der Waals surface area contributed by atoms with Crippen molar-refractivity contribution >= 4 is 0 Å². The largest absolute Gasteiger partial charge is 0.493 e. The summed E-state index contributed by atoms with van der Waals surface area (Å²) in [4.78, 5) is 0. The summed E-state index contributed by atoms with van der Waals surface area (Å²) in [7, 11) is 0. The molecule has 2 aliphatic heterocycles. The molecule has 0 spiro atoms. The van der Waals surface area contributed by atoms with Crippen molar-refractivity contribution in [3.63, 3.8) is 0 Å². The maximum Gasteiger partial charge on any atom is 0.122 e. The molecular weight excluding hydrogens is 262 g/mol. The molecule has 0 atom stereocenters. The molecule has 108 valence electrons. The Morgan fingerprint density at radius 3 is 1.81 bits per heavy atom. The lowest BCUT2D eigenvalue weighted by atomic mass is 10.1. The molecule has 0 fully saturated rings. The van der Waals surface area contributed by atoms with Crippen molar-refractivity contribution in [1.82, 2.24) is 5.32 Å². The minimum absolute atomic E-state index is 0.823. The van der Waals surface area contributed by atoms with Gasteiger partial charge in [0.15, 0.2) is 0 Å². The van der Waals surface area contributed by atoms with Crippen LogP contribution in [0.4, 0.5) is 0 Å². The second-order valence-corrected chi connectivity index (χ2v) is 5.68. The first kappa shape index (κ1) is 12.7. The molecule has 0 saturated carbocycles. The van der Waals surface area contributed by atoms with Crippen LogP contribution >= 0.6 is 0 Å². The van der Waals surface area contributed by atoms with Crippen LogP contribution in [0.3, 0.4) is 0 Å². The van der Waals surface area contributed by atoms with Crippen LogP contribution in [0.25, 0.3) is 0 Å². The summed E-state index contributed by atoms with van der Waals surface area (Å²) in [5.74, 6) is 2.11. The highest BCUT2D eigenvalue weighted by Crippen LogP contribution is 2.27. The molecule has 0 bridgehead atoms. The van der Waals surface area contributed by atoms with E-state index in [9.17, 15) is 0 Å². The number of hydrogen-bond donors (Lipinski definition) is 1. The summed E-state index contributed by atoms with van der Waals surface area (Å²) in [5, 5.41) is 3.52. The van der Waals surface area contributed by atoms with Gasteiger partial charge in [-0.05, 0) is 34.4 Å². The fourth-order valence-electron chi connectivity index (χ4n) is 3.05. The van der Waals surface area contributed by atoms with Gasteiger partial charge in [-0.2, -0.15) is 0 Å². The molecule has 2 aromatic rings. The van der Waals surface area contributed by atoms with Crippen LogP contribution in [0.1, 0.15) is 22.3 Å². The van der Waals surface area contributed by atoms with E-state index in [2.05, 4.69) is 41.7 Å². The molecule has 2 heterocycles. The molecule has 2 aliphatic rings. The minimum atomic E-state index is 0.823. The lowest BCUT2D eigenvalue weighted by Crippen LogP contribution is -2.12. The third-order valence-corrected chi connectivity index (χ3v) is 4.17. The van der Waals surface area contributed by atoms with Crippen molar-refractivity contribution in [2.75, 3.05) is 13.2 Å². The Morgan fingerprint density at radius 1 is 0.762 bits per heavy atom. The van der Waals surface area contributed by atoms with Gasteiger partial charge < -0.3 is 14.8 Å². The fraction of sp³-hybridized carbons (Fsp3) is 0.333. The van der Waals surface area contributed by atoms with E-state index < -0.39 is 0 Å². The third kappa shape index (κ3) is 2.61. The van der Waals surface area contributed by atoms with E-state index in [-0.39, 0.29) is 0 Å². The Bertz CT molecular complexity index is 609. The van der Waals surface area contributed by atoms with Gasteiger partial charge in [0.25, 0.3) is 0 Å². The predicted molar refractivity (Wildman–Crippen MR) is 81.8 cm³/mol. The van der Waals surface area contributed by atoms with E-state index in [0.717, 1.165) is 50.6 Å². The smallest absolute Gasteiger partial charge is 0.122 e. The summed E-state index contributed by atoms with van der Waals surface area (Å²) in [5.41, 5.74) is 5.32. The van der Waals surface area contributed by atoms with Crippen LogP contribution in [0.5, 0.6) is 11.5 Å². The SMILES string of the molecule is c1cc2c(cc1CNCc1ccc3c(c1)CCO3)CCO2. The van der Waals surface area contributed by atoms with Gasteiger partial charge in [-0.25, -0.2) is 0 Å². The molecule has 0 amide bonds. The first-order chi connectivity index (χ1) is 10.4. The van der Waals surface area contributed by atoms with Gasteiger partial charge in [0.1, 0.15) is 11.5 Å². The van der Waals surface area contributed by atoms with Gasteiger partial charge in [0.05, 0.1) is 13.2 Å². The van der Waals surface area contributed by atoms with Gasteiger partial charge in [-0.15, -0.1) is 0 Å². The average molecular weight is 281 g/mol. The number of benzene rings is 2. The highest BCUT2D eigenvalue weighted by Gasteiger charge is 2.13. The van der Waals surface area contributed by atoms with E-state index in [4.69, 9.17) is 9.47 Å². The van der Waals surface area contributed by atoms with Crippen molar-refractivity contribution in [2.45, 2.75) is 25.9 Å². The van der Waals surface area contributed by atoms with Gasteiger partial charge in [-0.1, -0.05) is 24.3 Å². The second kappa shape index (κ2) is 5.41. The molecule has 3 heteroatoms. The highest BCUT2D eigenvalue weighted by atomic mass is 16.5. The first-order valence-electron chi connectivity index (χ1n) is 7.58. The summed E-state index contributed by atoms with van der Waals surface area (Å²) < 4.78 is 11.1. The summed E-state index contributed by atoms with van der Waals surface area (Å²) >= 11 is 0. The van der Waals surface area contributed by atoms with Gasteiger partial charge >= 0.3 is 0 Å². The normalized spacial score (nSPS) is 15.2. The zero-order valence-corrected chi connectivity index (χ0v) is 12.0. The highest BCUT2D eigenvalue weighted by molar-refractivity contribution is 5.41. The Labute approximate surface area is 124 Å². The Morgan fingerprint density at radius 2 is 1.29 bits per heavy atom. The van der Waals surface area contributed by atoms with Crippen LogP contribution in [0.15, 0.2) is 36.4 Å². The maximum absolute atomic E-state index is 5.54. The monoisotopic (exact) mass is 281 g/mol. The molecule has 21 heavy (non-hydrogen) atoms. The van der Waals surface area contributed by atoms with Crippen molar-refractivity contribution in [1.29, 1.82) is 0 Å². The van der Waals surface area contributed by atoms with E-state index in [1.807, 2.05) is 0 Å². The molecule has 3 nitrogen and oxygen atoms in total. The van der Waals surface area contributed by atoms with E-state index in [1.165, 1.54) is 22.3 Å². The summed E-state index contributed by atoms with van der Waals surface area (Å²) in [6.45, 7) is 3.43. The molecule has 0 aromatic heterocycles. The average Bonchev–Trinajstić information content (AvgIpc) is 3.14. The quantitative estimate of drug-likeness (QED) is 0.935. The molecule has 4 rings (SSSR count). The lowest BCUT2D eigenvalue weighted by molar-refractivity contribution is 0.356. The van der Waals surface area contributed by atoms with Crippen LogP contribution in [-0.4, -0.2) is 13.2 Å². The van der Waals surface area contributed by atoms with E-state index in [0.29, 0.717) is 0 Å². The first-order valence-corrected chi connectivity index (χ1v) is 7.58. The molecule has 0 saturated heterocycles. The van der Waals surface area contributed by atoms with Crippen LogP contribution in [-0.2, 0) is 25.9 Å². The lowest BCUT2D eigenvalue weighted by Gasteiger charge is -2.08. The van der Waals surface area contributed by atoms with Crippen molar-refractivity contribution in [3.8, 4) is 11.5 Å².